The van der Waals surface area contributed by atoms with Crippen molar-refractivity contribution in [3.05, 3.63) is 48.3 Å². The molecule has 0 bridgehead atoms. The van der Waals surface area contributed by atoms with Crippen LogP contribution >= 0.6 is 0 Å². The molecule has 2 fully saturated rings. The maximum atomic E-state index is 6.23. The average Bonchev–Trinajstić information content (AvgIpc) is 3.29. The summed E-state index contributed by atoms with van der Waals surface area (Å²) in [5.74, 6) is 0.727. The minimum absolute atomic E-state index is 0.292. The Bertz CT molecular complexity index is 1010. The van der Waals surface area contributed by atoms with Crippen LogP contribution in [-0.4, -0.2) is 57.1 Å². The summed E-state index contributed by atoms with van der Waals surface area (Å²) in [6, 6.07) is 6.45. The normalized spacial score (nSPS) is 18.2. The fourth-order valence-electron chi connectivity index (χ4n) is 4.44. The first kappa shape index (κ1) is 19.2. The van der Waals surface area contributed by atoms with E-state index in [0.29, 0.717) is 6.10 Å². The maximum absolute atomic E-state index is 6.23. The van der Waals surface area contributed by atoms with Gasteiger partial charge < -0.3 is 9.64 Å². The van der Waals surface area contributed by atoms with Crippen LogP contribution in [0.4, 0.5) is 5.69 Å². The van der Waals surface area contributed by atoms with Gasteiger partial charge in [0, 0.05) is 50.8 Å². The van der Waals surface area contributed by atoms with Crippen molar-refractivity contribution in [1.29, 1.82) is 0 Å². The van der Waals surface area contributed by atoms with Crippen molar-refractivity contribution in [2.24, 2.45) is 0 Å². The summed E-state index contributed by atoms with van der Waals surface area (Å²) in [4.78, 5) is 22.6. The Morgan fingerprint density at radius 1 is 0.967 bits per heavy atom. The van der Waals surface area contributed by atoms with Gasteiger partial charge in [-0.2, -0.15) is 0 Å². The molecule has 0 spiro atoms. The Labute approximate surface area is 177 Å². The summed E-state index contributed by atoms with van der Waals surface area (Å²) < 4.78 is 6.23. The van der Waals surface area contributed by atoms with E-state index in [0.717, 1.165) is 73.7 Å². The highest BCUT2D eigenvalue weighted by atomic mass is 16.5. The van der Waals surface area contributed by atoms with Crippen LogP contribution < -0.4 is 9.64 Å². The molecule has 30 heavy (non-hydrogen) atoms. The molecular formula is C23H28N6O. The molecule has 1 aliphatic heterocycles. The second-order valence-corrected chi connectivity index (χ2v) is 8.26. The molecule has 1 aliphatic carbocycles. The quantitative estimate of drug-likeness (QED) is 0.646. The second-order valence-electron chi connectivity index (χ2n) is 8.26. The number of hydrogen-bond acceptors (Lipinski definition) is 7. The summed E-state index contributed by atoms with van der Waals surface area (Å²) in [6.45, 7) is 6.86. The van der Waals surface area contributed by atoms with Gasteiger partial charge in [0.25, 0.3) is 0 Å². The number of ether oxygens (including phenoxy) is 1. The molecule has 1 saturated carbocycles. The zero-order valence-electron chi connectivity index (χ0n) is 17.5. The Kier molecular flexibility index (Phi) is 5.45. The Balaban J connectivity index is 1.29. The maximum Gasteiger partial charge on any atom is 0.224 e. The van der Waals surface area contributed by atoms with E-state index in [-0.39, 0.29) is 0 Å². The molecule has 5 rings (SSSR count). The van der Waals surface area contributed by atoms with Gasteiger partial charge in [-0.15, -0.1) is 0 Å². The number of benzene rings is 1. The lowest BCUT2D eigenvalue weighted by Gasteiger charge is -2.36. The van der Waals surface area contributed by atoms with Crippen LogP contribution in [0.2, 0.25) is 0 Å². The summed E-state index contributed by atoms with van der Waals surface area (Å²) in [5.41, 5.74) is 4.24. The molecule has 2 aliphatic rings. The van der Waals surface area contributed by atoms with Gasteiger partial charge >= 0.3 is 0 Å². The molecule has 7 nitrogen and oxygen atoms in total. The standard InChI is InChI=1S/C23H28N6O/c1-17-22(25-9-8-24-17)15-28-10-12-29(13-11-28)18-6-7-21-20(14-18)23(27-16-26-21)30-19-4-2-3-5-19/h6-9,14,16,19H,2-5,10-13,15H2,1H3. The van der Waals surface area contributed by atoms with Gasteiger partial charge in [-0.3, -0.25) is 14.9 Å². The van der Waals surface area contributed by atoms with Gasteiger partial charge in [-0.25, -0.2) is 9.97 Å². The van der Waals surface area contributed by atoms with Crippen molar-refractivity contribution in [3.8, 4) is 5.88 Å². The Morgan fingerprint density at radius 3 is 2.57 bits per heavy atom. The molecule has 3 aromatic rings. The summed E-state index contributed by atoms with van der Waals surface area (Å²) in [6.07, 6.45) is 10.2. The van der Waals surface area contributed by atoms with E-state index in [1.165, 1.54) is 18.5 Å². The fourth-order valence-corrected chi connectivity index (χ4v) is 4.44. The molecule has 0 N–H and O–H groups in total. The first-order chi connectivity index (χ1) is 14.8. The number of aryl methyl sites for hydroxylation is 1. The molecule has 3 heterocycles. The van der Waals surface area contributed by atoms with Crippen molar-refractivity contribution < 1.29 is 4.74 Å². The summed E-state index contributed by atoms with van der Waals surface area (Å²) in [7, 11) is 0. The van der Waals surface area contributed by atoms with Crippen LogP contribution in [0.3, 0.4) is 0 Å². The molecule has 0 radical (unpaired) electrons. The monoisotopic (exact) mass is 404 g/mol. The molecule has 2 aromatic heterocycles. The molecule has 1 saturated heterocycles. The summed E-state index contributed by atoms with van der Waals surface area (Å²) >= 11 is 0. The highest BCUT2D eigenvalue weighted by molar-refractivity contribution is 5.86. The Morgan fingerprint density at radius 2 is 1.77 bits per heavy atom. The average molecular weight is 405 g/mol. The first-order valence-electron chi connectivity index (χ1n) is 10.9. The number of nitrogens with zero attached hydrogens (tertiary/aromatic N) is 6. The van der Waals surface area contributed by atoms with Crippen LogP contribution in [0, 0.1) is 6.92 Å². The second kappa shape index (κ2) is 8.52. The molecule has 0 atom stereocenters. The van der Waals surface area contributed by atoms with Crippen molar-refractivity contribution in [1.82, 2.24) is 24.8 Å². The lowest BCUT2D eigenvalue weighted by atomic mass is 10.1. The SMILES string of the molecule is Cc1nccnc1CN1CCN(c2ccc3ncnc(OC4CCCC4)c3c2)CC1. The zero-order valence-corrected chi connectivity index (χ0v) is 17.5. The van der Waals surface area contributed by atoms with E-state index in [1.54, 1.807) is 18.7 Å². The van der Waals surface area contributed by atoms with E-state index in [4.69, 9.17) is 4.74 Å². The van der Waals surface area contributed by atoms with Gasteiger partial charge in [0.2, 0.25) is 5.88 Å². The molecular weight excluding hydrogens is 376 g/mol. The van der Waals surface area contributed by atoms with Crippen LogP contribution in [0.25, 0.3) is 10.9 Å². The molecule has 156 valence electrons. The molecule has 0 amide bonds. The highest BCUT2D eigenvalue weighted by Crippen LogP contribution is 2.30. The van der Waals surface area contributed by atoms with E-state index < -0.39 is 0 Å². The van der Waals surface area contributed by atoms with E-state index in [9.17, 15) is 0 Å². The number of piperazine rings is 1. The van der Waals surface area contributed by atoms with Crippen molar-refractivity contribution in [2.75, 3.05) is 31.1 Å². The highest BCUT2D eigenvalue weighted by Gasteiger charge is 2.21. The van der Waals surface area contributed by atoms with E-state index >= 15 is 0 Å². The molecule has 0 unspecified atom stereocenters. The van der Waals surface area contributed by atoms with Gasteiger partial charge in [0.05, 0.1) is 22.3 Å². The number of anilines is 1. The zero-order chi connectivity index (χ0) is 20.3. The third kappa shape index (κ3) is 4.07. The third-order valence-electron chi connectivity index (χ3n) is 6.26. The minimum Gasteiger partial charge on any atom is -0.474 e. The summed E-state index contributed by atoms with van der Waals surface area (Å²) in [5, 5.41) is 1.01. The minimum atomic E-state index is 0.292. The van der Waals surface area contributed by atoms with E-state index in [2.05, 4.69) is 47.9 Å². The molecule has 7 heteroatoms. The van der Waals surface area contributed by atoms with Crippen LogP contribution in [0.15, 0.2) is 36.9 Å². The first-order valence-corrected chi connectivity index (χ1v) is 10.9. The Hall–Kier alpha value is -2.80. The van der Waals surface area contributed by atoms with Crippen LogP contribution in [0.5, 0.6) is 5.88 Å². The topological polar surface area (TPSA) is 67.3 Å². The van der Waals surface area contributed by atoms with Crippen LogP contribution in [-0.2, 0) is 6.54 Å². The fraction of sp³-hybridized carbons (Fsp3) is 0.478. The van der Waals surface area contributed by atoms with Gasteiger partial charge in [0.1, 0.15) is 12.4 Å². The van der Waals surface area contributed by atoms with Gasteiger partial charge in [-0.1, -0.05) is 0 Å². The van der Waals surface area contributed by atoms with E-state index in [1.807, 2.05) is 6.92 Å². The van der Waals surface area contributed by atoms with Gasteiger partial charge in [-0.05, 0) is 50.8 Å². The largest absolute Gasteiger partial charge is 0.474 e. The smallest absolute Gasteiger partial charge is 0.224 e. The number of aromatic nitrogens is 4. The number of fused-ring (bicyclic) bond motifs is 1. The lowest BCUT2D eigenvalue weighted by Crippen LogP contribution is -2.46. The van der Waals surface area contributed by atoms with Crippen molar-refractivity contribution in [2.45, 2.75) is 45.3 Å². The number of hydrogen-bond donors (Lipinski definition) is 0. The third-order valence-corrected chi connectivity index (χ3v) is 6.26. The number of rotatable bonds is 5. The molecule has 1 aromatic carbocycles. The van der Waals surface area contributed by atoms with Gasteiger partial charge in [0.15, 0.2) is 0 Å². The predicted octanol–water partition coefficient (Wildman–Crippen LogP) is 3.37. The van der Waals surface area contributed by atoms with Crippen LogP contribution in [0.1, 0.15) is 37.1 Å². The lowest BCUT2D eigenvalue weighted by molar-refractivity contribution is 0.204. The van der Waals surface area contributed by atoms with Crippen molar-refractivity contribution >= 4 is 16.6 Å². The van der Waals surface area contributed by atoms with Crippen molar-refractivity contribution in [3.63, 3.8) is 0 Å². The predicted molar refractivity (Wildman–Crippen MR) is 117 cm³/mol.